The fraction of sp³-hybridized carbons (Fsp3) is 0.719. The van der Waals surface area contributed by atoms with Gasteiger partial charge in [-0.2, -0.15) is 0 Å². The van der Waals surface area contributed by atoms with Crippen molar-refractivity contribution in [3.05, 3.63) is 34.6 Å². The summed E-state index contributed by atoms with van der Waals surface area (Å²) in [4.78, 5) is 38.0. The van der Waals surface area contributed by atoms with Gasteiger partial charge in [0.25, 0.3) is 5.56 Å². The summed E-state index contributed by atoms with van der Waals surface area (Å²) in [5.41, 5.74) is 1.53. The Kier molecular flexibility index (Phi) is 6.69. The number of aliphatic carboxylic acids is 1. The highest BCUT2D eigenvalue weighted by atomic mass is 16.4. The van der Waals surface area contributed by atoms with Crippen LogP contribution >= 0.6 is 0 Å². The SMILES string of the molecule is CC1CCC2CC(n3c(=O)c(N4CC(N(C)C)C4C(=O)O)nc4ccccc43)CC1N2C1CC2CCCC(C2)C1. The van der Waals surface area contributed by atoms with Crippen LogP contribution in [0.4, 0.5) is 5.82 Å². The van der Waals surface area contributed by atoms with Gasteiger partial charge < -0.3 is 19.5 Å². The fourth-order valence-corrected chi connectivity index (χ4v) is 9.50. The minimum absolute atomic E-state index is 0.102. The van der Waals surface area contributed by atoms with Gasteiger partial charge in [-0.05, 0) is 88.9 Å². The van der Waals surface area contributed by atoms with Gasteiger partial charge >= 0.3 is 5.97 Å². The van der Waals surface area contributed by atoms with Gasteiger partial charge in [-0.1, -0.05) is 38.3 Å². The van der Waals surface area contributed by atoms with E-state index < -0.39 is 12.0 Å². The van der Waals surface area contributed by atoms with Gasteiger partial charge in [-0.25, -0.2) is 9.78 Å². The third-order valence-corrected chi connectivity index (χ3v) is 11.4. The highest BCUT2D eigenvalue weighted by molar-refractivity contribution is 5.83. The van der Waals surface area contributed by atoms with Crippen LogP contribution in [0.1, 0.15) is 77.2 Å². The summed E-state index contributed by atoms with van der Waals surface area (Å²) in [5, 5.41) is 10.0. The number of benzene rings is 1. The van der Waals surface area contributed by atoms with E-state index in [1.165, 1.54) is 51.4 Å². The van der Waals surface area contributed by atoms with Gasteiger partial charge in [-0.3, -0.25) is 9.69 Å². The molecule has 0 spiro atoms. The highest BCUT2D eigenvalue weighted by Crippen LogP contribution is 2.49. The van der Waals surface area contributed by atoms with Crippen LogP contribution in [0, 0.1) is 17.8 Å². The van der Waals surface area contributed by atoms with E-state index >= 15 is 0 Å². The molecule has 0 radical (unpaired) electrons. The fourth-order valence-electron chi connectivity index (χ4n) is 9.50. The van der Waals surface area contributed by atoms with Crippen molar-refractivity contribution in [3.63, 3.8) is 0 Å². The zero-order valence-corrected chi connectivity index (χ0v) is 24.3. The first-order valence-corrected chi connectivity index (χ1v) is 15.7. The molecule has 1 N–H and O–H groups in total. The molecule has 2 aromatic rings. The van der Waals surface area contributed by atoms with Crippen LogP contribution in [0.3, 0.4) is 0 Å². The zero-order valence-electron chi connectivity index (χ0n) is 24.3. The molecule has 4 bridgehead atoms. The lowest BCUT2D eigenvalue weighted by Gasteiger charge is -2.57. The summed E-state index contributed by atoms with van der Waals surface area (Å²) < 4.78 is 2.02. The minimum Gasteiger partial charge on any atom is -0.480 e. The molecule has 1 aromatic heterocycles. The number of fused-ring (bicyclic) bond motifs is 5. The van der Waals surface area contributed by atoms with Crippen molar-refractivity contribution < 1.29 is 9.90 Å². The largest absolute Gasteiger partial charge is 0.480 e. The summed E-state index contributed by atoms with van der Waals surface area (Å²) in [6.45, 7) is 2.92. The number of aromatic nitrogens is 2. The molecule has 2 aliphatic carbocycles. The van der Waals surface area contributed by atoms with Gasteiger partial charge in [0.05, 0.1) is 17.1 Å². The van der Waals surface area contributed by atoms with Crippen LogP contribution < -0.4 is 10.5 Å². The van der Waals surface area contributed by atoms with Crippen LogP contribution in [0.5, 0.6) is 0 Å². The van der Waals surface area contributed by atoms with Crippen molar-refractivity contribution >= 4 is 22.8 Å². The van der Waals surface area contributed by atoms with Crippen LogP contribution in [0.2, 0.25) is 0 Å². The second-order valence-corrected chi connectivity index (χ2v) is 13.9. The summed E-state index contributed by atoms with van der Waals surface area (Å²) in [7, 11) is 3.80. The average molecular weight is 548 g/mol. The van der Waals surface area contributed by atoms with Crippen molar-refractivity contribution in [1.29, 1.82) is 0 Å². The van der Waals surface area contributed by atoms with E-state index in [2.05, 4.69) is 11.8 Å². The van der Waals surface area contributed by atoms with Crippen molar-refractivity contribution in [2.75, 3.05) is 25.5 Å². The molecule has 1 aromatic carbocycles. The Morgan fingerprint density at radius 2 is 1.70 bits per heavy atom. The van der Waals surface area contributed by atoms with E-state index in [0.29, 0.717) is 36.4 Å². The molecule has 4 heterocycles. The van der Waals surface area contributed by atoms with E-state index in [1.807, 2.05) is 47.8 Å². The van der Waals surface area contributed by atoms with Crippen molar-refractivity contribution in [1.82, 2.24) is 19.4 Å². The predicted molar refractivity (Wildman–Crippen MR) is 157 cm³/mol. The van der Waals surface area contributed by atoms with Crippen molar-refractivity contribution in [2.45, 2.75) is 107 Å². The number of carboxylic acid groups (broad SMARTS) is 1. The second-order valence-electron chi connectivity index (χ2n) is 13.9. The highest BCUT2D eigenvalue weighted by Gasteiger charge is 2.49. The van der Waals surface area contributed by atoms with Crippen molar-refractivity contribution in [2.24, 2.45) is 17.8 Å². The predicted octanol–water partition coefficient (Wildman–Crippen LogP) is 4.37. The first-order valence-electron chi connectivity index (χ1n) is 15.7. The Morgan fingerprint density at radius 1 is 0.950 bits per heavy atom. The Bertz CT molecular complexity index is 1330. The lowest BCUT2D eigenvalue weighted by atomic mass is 9.67. The van der Waals surface area contributed by atoms with Crippen LogP contribution in [0.25, 0.3) is 11.0 Å². The summed E-state index contributed by atoms with van der Waals surface area (Å²) >= 11 is 0. The molecule has 3 saturated heterocycles. The average Bonchev–Trinajstić information content (AvgIpc) is 2.89. The molecular formula is C32H45N5O3. The zero-order chi connectivity index (χ0) is 27.7. The van der Waals surface area contributed by atoms with Gasteiger partial charge in [0.1, 0.15) is 6.04 Å². The molecule has 216 valence electrons. The number of rotatable bonds is 5. The molecule has 7 rings (SSSR count). The molecule has 8 nitrogen and oxygen atoms in total. The number of piperidine rings is 2. The third-order valence-electron chi connectivity index (χ3n) is 11.4. The number of nitrogens with zero attached hydrogens (tertiary/aromatic N) is 5. The van der Waals surface area contributed by atoms with Gasteiger partial charge in [-0.15, -0.1) is 0 Å². The molecule has 3 aliphatic heterocycles. The first kappa shape index (κ1) is 26.4. The molecular weight excluding hydrogens is 502 g/mol. The number of likely N-dealkylation sites (N-methyl/N-ethyl adjacent to an activating group) is 1. The third kappa shape index (κ3) is 4.28. The minimum atomic E-state index is -0.903. The van der Waals surface area contributed by atoms with Crippen LogP contribution in [-0.4, -0.2) is 81.3 Å². The Morgan fingerprint density at radius 3 is 2.42 bits per heavy atom. The second kappa shape index (κ2) is 10.1. The number of hydrogen-bond acceptors (Lipinski definition) is 6. The molecule has 0 amide bonds. The van der Waals surface area contributed by atoms with Crippen molar-refractivity contribution in [3.8, 4) is 0 Å². The number of carbonyl (C=O) groups is 1. The smallest absolute Gasteiger partial charge is 0.328 e. The lowest BCUT2D eigenvalue weighted by molar-refractivity contribution is -0.142. The number of anilines is 1. The summed E-state index contributed by atoms with van der Waals surface area (Å²) in [5.74, 6) is 1.83. The van der Waals surface area contributed by atoms with Gasteiger partial charge in [0.2, 0.25) is 0 Å². The number of para-hydroxylation sites is 2. The van der Waals surface area contributed by atoms with E-state index in [-0.39, 0.29) is 17.6 Å². The van der Waals surface area contributed by atoms with E-state index in [4.69, 9.17) is 4.98 Å². The standard InChI is InChI=1S/C32H45N5O3/c1-19-11-12-22-16-24(17-27(19)36(22)23-14-20-7-6-8-21(13-20)15-23)37-26-10-5-4-9-25(26)33-30(31(37)38)35-18-28(34(2)3)29(35)32(39)40/h4-5,9-10,19-24,27-29H,6-8,11-18H2,1-3H3,(H,39,40). The van der Waals surface area contributed by atoms with E-state index in [9.17, 15) is 14.7 Å². The van der Waals surface area contributed by atoms with E-state index in [0.717, 1.165) is 35.7 Å². The molecule has 5 fully saturated rings. The first-order chi connectivity index (χ1) is 19.3. The summed E-state index contributed by atoms with van der Waals surface area (Å²) in [6.07, 6.45) is 12.9. The Hall–Kier alpha value is -2.45. The van der Waals surface area contributed by atoms with Gasteiger partial charge in [0.15, 0.2) is 5.82 Å². The van der Waals surface area contributed by atoms with Gasteiger partial charge in [0, 0.05) is 30.7 Å². The number of carboxylic acids is 1. The molecule has 8 atom stereocenters. The Balaban J connectivity index is 1.25. The maximum atomic E-state index is 14.3. The molecule has 5 aliphatic rings. The summed E-state index contributed by atoms with van der Waals surface area (Å²) in [6, 6.07) is 8.84. The molecule has 40 heavy (non-hydrogen) atoms. The van der Waals surface area contributed by atoms with Crippen LogP contribution in [-0.2, 0) is 4.79 Å². The van der Waals surface area contributed by atoms with E-state index in [1.54, 1.807) is 4.90 Å². The topological polar surface area (TPSA) is 81.9 Å². The molecule has 2 saturated carbocycles. The quantitative estimate of drug-likeness (QED) is 0.595. The Labute approximate surface area is 237 Å². The normalized spacial score (nSPS) is 37.9. The maximum Gasteiger partial charge on any atom is 0.328 e. The molecule has 8 heteroatoms. The number of hydrogen-bond donors (Lipinski definition) is 1. The van der Waals surface area contributed by atoms with Crippen LogP contribution in [0.15, 0.2) is 29.1 Å². The maximum absolute atomic E-state index is 14.3. The lowest BCUT2D eigenvalue weighted by Crippen LogP contribution is -2.69. The monoisotopic (exact) mass is 547 g/mol. The molecule has 8 unspecified atom stereocenters.